The number of aliphatic hydroxyl groups excluding tert-OH is 1. The fourth-order valence-electron chi connectivity index (χ4n) is 3.16. The van der Waals surface area contributed by atoms with Crippen LogP contribution in [-0.2, 0) is 9.47 Å². The number of ether oxygens (including phenoxy) is 2. The van der Waals surface area contributed by atoms with Crippen LogP contribution >= 0.6 is 15.9 Å². The molecule has 1 aliphatic heterocycles. The molecule has 0 aromatic rings. The average molecular weight is 373 g/mol. The van der Waals surface area contributed by atoms with Gasteiger partial charge in [0.15, 0.2) is 5.79 Å². The van der Waals surface area contributed by atoms with Gasteiger partial charge in [0.1, 0.15) is 8.07 Å². The summed E-state index contributed by atoms with van der Waals surface area (Å²) in [5, 5.41) is 10.7. The number of rotatable bonds is 3. The smallest absolute Gasteiger partial charge is 0.185 e. The summed E-state index contributed by atoms with van der Waals surface area (Å²) in [5.41, 5.74) is 4.06. The highest BCUT2D eigenvalue weighted by Crippen LogP contribution is 2.54. The zero-order chi connectivity index (χ0) is 15.9. The van der Waals surface area contributed by atoms with Gasteiger partial charge < -0.3 is 14.6 Å². The third-order valence-corrected chi connectivity index (χ3v) is 6.67. The molecule has 0 unspecified atom stereocenters. The van der Waals surface area contributed by atoms with Crippen LogP contribution in [0, 0.1) is 16.9 Å². The highest BCUT2D eigenvalue weighted by atomic mass is 79.9. The second-order valence-corrected chi connectivity index (χ2v) is 12.9. The lowest BCUT2D eigenvalue weighted by Gasteiger charge is -2.41. The number of halogens is 1. The zero-order valence-electron chi connectivity index (χ0n) is 13.5. The molecule has 2 rings (SSSR count). The summed E-state index contributed by atoms with van der Waals surface area (Å²) in [6, 6.07) is 0. The minimum absolute atomic E-state index is 0.0603. The van der Waals surface area contributed by atoms with E-state index in [0.717, 1.165) is 6.42 Å². The Balaban J connectivity index is 2.24. The van der Waals surface area contributed by atoms with Crippen molar-refractivity contribution >= 4 is 24.0 Å². The summed E-state index contributed by atoms with van der Waals surface area (Å²) in [6.45, 7) is 9.15. The second-order valence-electron chi connectivity index (χ2n) is 7.22. The third-order valence-electron chi connectivity index (χ3n) is 4.19. The molecule has 1 aliphatic carbocycles. The Morgan fingerprint density at radius 1 is 1.57 bits per heavy atom. The Hall–Kier alpha value is -0.123. The Morgan fingerprint density at radius 2 is 2.24 bits per heavy atom. The van der Waals surface area contributed by atoms with E-state index in [2.05, 4.69) is 60.0 Å². The minimum atomic E-state index is -1.41. The SMILES string of the molecule is CO[C@@]12CC(C)=C[C@@]([C@H](O)CC#C[Si](C)(C)C)(CO1)[C@@H]2Br. The van der Waals surface area contributed by atoms with Crippen LogP contribution in [0.15, 0.2) is 11.6 Å². The van der Waals surface area contributed by atoms with Crippen LogP contribution in [-0.4, -0.2) is 43.6 Å². The van der Waals surface area contributed by atoms with Gasteiger partial charge in [0.2, 0.25) is 0 Å². The first-order valence-corrected chi connectivity index (χ1v) is 11.8. The molecule has 118 valence electrons. The lowest BCUT2D eigenvalue weighted by molar-refractivity contribution is -0.187. The summed E-state index contributed by atoms with van der Waals surface area (Å²) in [5.74, 6) is 2.52. The van der Waals surface area contributed by atoms with Gasteiger partial charge in [-0.25, -0.2) is 0 Å². The molecule has 1 heterocycles. The van der Waals surface area contributed by atoms with Gasteiger partial charge in [-0.05, 0) is 6.92 Å². The fraction of sp³-hybridized carbons (Fsp3) is 0.750. The summed E-state index contributed by atoms with van der Waals surface area (Å²) in [4.78, 5) is -0.0603. The van der Waals surface area contributed by atoms with Gasteiger partial charge in [-0.2, -0.15) is 0 Å². The molecule has 4 atom stereocenters. The molecule has 0 spiro atoms. The first-order chi connectivity index (χ1) is 9.65. The van der Waals surface area contributed by atoms with Crippen molar-refractivity contribution in [2.75, 3.05) is 13.7 Å². The van der Waals surface area contributed by atoms with Gasteiger partial charge in [0.25, 0.3) is 0 Å². The highest BCUT2D eigenvalue weighted by Gasteiger charge is 2.62. The molecule has 0 amide bonds. The van der Waals surface area contributed by atoms with Crippen molar-refractivity contribution in [3.63, 3.8) is 0 Å². The van der Waals surface area contributed by atoms with Gasteiger partial charge in [-0.1, -0.05) is 47.2 Å². The third kappa shape index (κ3) is 3.15. The van der Waals surface area contributed by atoms with Crippen molar-refractivity contribution in [2.24, 2.45) is 5.41 Å². The molecule has 0 aromatic carbocycles. The normalized spacial score (nSPS) is 36.7. The molecular weight excluding hydrogens is 348 g/mol. The number of hydrogen-bond donors (Lipinski definition) is 1. The van der Waals surface area contributed by atoms with E-state index in [4.69, 9.17) is 9.47 Å². The standard InChI is InChI=1S/C16H25BrO3Si/c1-12-9-15(13(18)7-6-8-21(3,4)5)11-20-16(10-12,19-2)14(15)17/h9,13-14,18H,7,10-11H2,1-5H3/t13-,14+,15+,16+/m1/s1. The summed E-state index contributed by atoms with van der Waals surface area (Å²) >= 11 is 3.72. The van der Waals surface area contributed by atoms with Crippen molar-refractivity contribution in [2.45, 2.75) is 56.1 Å². The molecular formula is C16H25BrO3Si. The molecule has 5 heteroatoms. The lowest BCUT2D eigenvalue weighted by Crippen LogP contribution is -2.50. The summed E-state index contributed by atoms with van der Waals surface area (Å²) in [7, 11) is 0.262. The van der Waals surface area contributed by atoms with Gasteiger partial charge in [0, 0.05) is 20.0 Å². The van der Waals surface area contributed by atoms with Crippen LogP contribution in [0.25, 0.3) is 0 Å². The molecule has 2 bridgehead atoms. The van der Waals surface area contributed by atoms with Crippen molar-refractivity contribution in [1.82, 2.24) is 0 Å². The fourth-order valence-corrected chi connectivity index (χ4v) is 4.84. The van der Waals surface area contributed by atoms with Gasteiger partial charge in [-0.15, -0.1) is 11.5 Å². The predicted octanol–water partition coefficient (Wildman–Crippen LogP) is 3.09. The maximum Gasteiger partial charge on any atom is 0.185 e. The lowest BCUT2D eigenvalue weighted by atomic mass is 9.72. The molecule has 1 saturated heterocycles. The topological polar surface area (TPSA) is 38.7 Å². The molecule has 1 fully saturated rings. The number of alkyl halides is 1. The predicted molar refractivity (Wildman–Crippen MR) is 91.0 cm³/mol. The molecule has 3 nitrogen and oxygen atoms in total. The zero-order valence-corrected chi connectivity index (χ0v) is 16.1. The first kappa shape index (κ1) is 17.2. The number of fused-ring (bicyclic) bond motifs is 2. The number of methoxy groups -OCH3 is 1. The van der Waals surface area contributed by atoms with E-state index < -0.39 is 25.4 Å². The summed E-state index contributed by atoms with van der Waals surface area (Å²) < 4.78 is 11.6. The second kappa shape index (κ2) is 5.82. The molecule has 21 heavy (non-hydrogen) atoms. The van der Waals surface area contributed by atoms with E-state index in [0.29, 0.717) is 13.0 Å². The van der Waals surface area contributed by atoms with Crippen molar-refractivity contribution in [3.8, 4) is 11.5 Å². The van der Waals surface area contributed by atoms with Crippen LogP contribution in [0.1, 0.15) is 19.8 Å². The minimum Gasteiger partial charge on any atom is -0.391 e. The van der Waals surface area contributed by atoms with Crippen molar-refractivity contribution in [3.05, 3.63) is 11.6 Å². The average Bonchev–Trinajstić information content (AvgIpc) is 2.56. The van der Waals surface area contributed by atoms with Crippen molar-refractivity contribution in [1.29, 1.82) is 0 Å². The Morgan fingerprint density at radius 3 is 2.81 bits per heavy atom. The van der Waals surface area contributed by atoms with Gasteiger partial charge >= 0.3 is 0 Å². The van der Waals surface area contributed by atoms with Crippen LogP contribution < -0.4 is 0 Å². The first-order valence-electron chi connectivity index (χ1n) is 7.35. The summed E-state index contributed by atoms with van der Waals surface area (Å²) in [6.07, 6.45) is 2.80. The maximum absolute atomic E-state index is 10.7. The van der Waals surface area contributed by atoms with E-state index in [1.54, 1.807) is 7.11 Å². The van der Waals surface area contributed by atoms with E-state index in [9.17, 15) is 5.11 Å². The number of aliphatic hydroxyl groups is 1. The van der Waals surface area contributed by atoms with Crippen LogP contribution in [0.3, 0.4) is 0 Å². The Kier molecular flexibility index (Phi) is 4.78. The Labute approximate surface area is 137 Å². The van der Waals surface area contributed by atoms with Crippen LogP contribution in [0.5, 0.6) is 0 Å². The molecule has 0 radical (unpaired) electrons. The largest absolute Gasteiger partial charge is 0.391 e. The van der Waals surface area contributed by atoms with E-state index >= 15 is 0 Å². The van der Waals surface area contributed by atoms with Crippen LogP contribution in [0.4, 0.5) is 0 Å². The highest BCUT2D eigenvalue weighted by molar-refractivity contribution is 9.09. The number of hydrogen-bond acceptors (Lipinski definition) is 3. The van der Waals surface area contributed by atoms with Gasteiger partial charge in [0.05, 0.1) is 23.0 Å². The van der Waals surface area contributed by atoms with Crippen molar-refractivity contribution < 1.29 is 14.6 Å². The molecule has 2 aliphatic rings. The molecule has 1 N–H and O–H groups in total. The maximum atomic E-state index is 10.7. The van der Waals surface area contributed by atoms with Gasteiger partial charge in [-0.3, -0.25) is 0 Å². The van der Waals surface area contributed by atoms with E-state index in [-0.39, 0.29) is 4.83 Å². The molecule has 0 aromatic heterocycles. The molecule has 0 saturated carbocycles. The van der Waals surface area contributed by atoms with Crippen LogP contribution in [0.2, 0.25) is 19.6 Å². The van der Waals surface area contributed by atoms with E-state index in [1.807, 2.05) is 0 Å². The Bertz CT molecular complexity index is 502. The quantitative estimate of drug-likeness (QED) is 0.358. The monoisotopic (exact) mass is 372 g/mol. The van der Waals surface area contributed by atoms with E-state index in [1.165, 1.54) is 5.57 Å².